The van der Waals surface area contributed by atoms with Gasteiger partial charge in [0.15, 0.2) is 0 Å². The fourth-order valence-electron chi connectivity index (χ4n) is 4.54. The van der Waals surface area contributed by atoms with Crippen LogP contribution in [0, 0.1) is 18.7 Å². The number of amides is 3. The molecular formula is C25H19BrFN3O3. The highest BCUT2D eigenvalue weighted by molar-refractivity contribution is 9.10. The van der Waals surface area contributed by atoms with Crippen LogP contribution in [-0.2, 0) is 9.59 Å². The van der Waals surface area contributed by atoms with E-state index >= 15 is 0 Å². The molecule has 0 saturated carbocycles. The number of nitrogens with zero attached hydrogens (tertiary/aromatic N) is 2. The SMILES string of the molecule is Cc1cccc(N2C(=O)C3C(c4ccccc4F)NN(C(=O)c4cccc(Br)c4)C3C2=O)c1. The number of hydrogen-bond acceptors (Lipinski definition) is 4. The number of hydrazine groups is 1. The molecule has 2 aliphatic rings. The van der Waals surface area contributed by atoms with Gasteiger partial charge in [-0.15, -0.1) is 0 Å². The number of aryl methyl sites for hydroxylation is 1. The first-order valence-electron chi connectivity index (χ1n) is 10.4. The van der Waals surface area contributed by atoms with Crippen LogP contribution < -0.4 is 10.3 Å². The lowest BCUT2D eigenvalue weighted by Gasteiger charge is -2.25. The molecular weight excluding hydrogens is 489 g/mol. The molecule has 2 aliphatic heterocycles. The van der Waals surface area contributed by atoms with Gasteiger partial charge in [0.25, 0.3) is 11.8 Å². The standard InChI is InChI=1S/C25H19BrFN3O3/c1-14-6-4-9-17(12-14)29-24(32)20-21(18-10-2-3-11-19(18)27)28-30(22(20)25(29)33)23(31)15-7-5-8-16(26)13-15/h2-13,20-22,28H,1H3. The van der Waals surface area contributed by atoms with Crippen LogP contribution in [0.1, 0.15) is 27.5 Å². The molecule has 2 heterocycles. The predicted molar refractivity (Wildman–Crippen MR) is 124 cm³/mol. The Kier molecular flexibility index (Phi) is 5.34. The van der Waals surface area contributed by atoms with E-state index in [9.17, 15) is 18.8 Å². The van der Waals surface area contributed by atoms with Gasteiger partial charge in [-0.3, -0.25) is 19.4 Å². The Hall–Kier alpha value is -3.36. The van der Waals surface area contributed by atoms with Crippen molar-refractivity contribution in [2.75, 3.05) is 4.90 Å². The molecule has 3 amide bonds. The number of anilines is 1. The minimum absolute atomic E-state index is 0.226. The van der Waals surface area contributed by atoms with Gasteiger partial charge in [0, 0.05) is 15.6 Å². The molecule has 6 nitrogen and oxygen atoms in total. The Morgan fingerprint density at radius 3 is 2.45 bits per heavy atom. The van der Waals surface area contributed by atoms with Crippen molar-refractivity contribution < 1.29 is 18.8 Å². The van der Waals surface area contributed by atoms with Crippen molar-refractivity contribution in [3.05, 3.63) is 99.8 Å². The van der Waals surface area contributed by atoms with Crippen LogP contribution in [0.3, 0.4) is 0 Å². The van der Waals surface area contributed by atoms with E-state index in [-0.39, 0.29) is 5.56 Å². The number of fused-ring (bicyclic) bond motifs is 1. The number of benzene rings is 3. The van der Waals surface area contributed by atoms with Crippen LogP contribution in [0.5, 0.6) is 0 Å². The molecule has 3 atom stereocenters. The van der Waals surface area contributed by atoms with Crippen molar-refractivity contribution in [2.24, 2.45) is 5.92 Å². The minimum Gasteiger partial charge on any atom is -0.274 e. The lowest BCUT2D eigenvalue weighted by molar-refractivity contribution is -0.123. The molecule has 2 fully saturated rings. The number of carbonyl (C=O) groups is 3. The van der Waals surface area contributed by atoms with Crippen molar-refractivity contribution in [1.29, 1.82) is 0 Å². The number of imide groups is 1. The van der Waals surface area contributed by atoms with Crippen LogP contribution in [0.4, 0.5) is 10.1 Å². The number of carbonyl (C=O) groups excluding carboxylic acids is 3. The van der Waals surface area contributed by atoms with Crippen LogP contribution in [0.15, 0.2) is 77.3 Å². The van der Waals surface area contributed by atoms with Gasteiger partial charge in [-0.05, 0) is 48.9 Å². The van der Waals surface area contributed by atoms with Crippen molar-refractivity contribution in [3.8, 4) is 0 Å². The molecule has 3 unspecified atom stereocenters. The van der Waals surface area contributed by atoms with Crippen LogP contribution in [0.2, 0.25) is 0 Å². The van der Waals surface area contributed by atoms with E-state index in [4.69, 9.17) is 0 Å². The highest BCUT2D eigenvalue weighted by Crippen LogP contribution is 2.43. The van der Waals surface area contributed by atoms with Gasteiger partial charge >= 0.3 is 0 Å². The fraction of sp³-hybridized carbons (Fsp3) is 0.160. The topological polar surface area (TPSA) is 69.7 Å². The maximum absolute atomic E-state index is 14.7. The zero-order chi connectivity index (χ0) is 23.3. The second-order valence-electron chi connectivity index (χ2n) is 8.14. The molecule has 166 valence electrons. The van der Waals surface area contributed by atoms with Crippen LogP contribution in [-0.4, -0.2) is 28.8 Å². The molecule has 5 rings (SSSR count). The summed E-state index contributed by atoms with van der Waals surface area (Å²) in [5.74, 6) is -2.95. The van der Waals surface area contributed by atoms with Crippen LogP contribution in [0.25, 0.3) is 0 Å². The van der Waals surface area contributed by atoms with Gasteiger partial charge in [0.05, 0.1) is 17.6 Å². The number of rotatable bonds is 3. The summed E-state index contributed by atoms with van der Waals surface area (Å²) in [6.45, 7) is 1.86. The van der Waals surface area contributed by atoms with E-state index in [2.05, 4.69) is 21.4 Å². The maximum atomic E-state index is 14.7. The smallest absolute Gasteiger partial charge is 0.268 e. The minimum atomic E-state index is -1.10. The van der Waals surface area contributed by atoms with E-state index in [1.165, 1.54) is 11.1 Å². The molecule has 0 bridgehead atoms. The summed E-state index contributed by atoms with van der Waals surface area (Å²) < 4.78 is 15.4. The summed E-state index contributed by atoms with van der Waals surface area (Å²) in [4.78, 5) is 41.6. The fourth-order valence-corrected chi connectivity index (χ4v) is 4.94. The van der Waals surface area contributed by atoms with E-state index in [0.29, 0.717) is 15.7 Å². The summed E-state index contributed by atoms with van der Waals surface area (Å²) in [7, 11) is 0. The lowest BCUT2D eigenvalue weighted by atomic mass is 9.90. The monoisotopic (exact) mass is 507 g/mol. The Morgan fingerprint density at radius 2 is 1.73 bits per heavy atom. The van der Waals surface area contributed by atoms with Gasteiger partial charge in [-0.2, -0.15) is 0 Å². The third-order valence-corrected chi connectivity index (χ3v) is 6.52. The highest BCUT2D eigenvalue weighted by atomic mass is 79.9. The van der Waals surface area contributed by atoms with Crippen molar-refractivity contribution >= 4 is 39.3 Å². The average molecular weight is 508 g/mol. The Labute approximate surface area is 198 Å². The first-order chi connectivity index (χ1) is 15.9. The molecule has 0 aliphatic carbocycles. The van der Waals surface area contributed by atoms with Gasteiger partial charge in [0.1, 0.15) is 11.9 Å². The van der Waals surface area contributed by atoms with Gasteiger partial charge < -0.3 is 0 Å². The summed E-state index contributed by atoms with van der Waals surface area (Å²) in [6.07, 6.45) is 0. The zero-order valence-electron chi connectivity index (χ0n) is 17.5. The first kappa shape index (κ1) is 21.5. The molecule has 3 aromatic carbocycles. The second kappa shape index (κ2) is 8.20. The summed E-state index contributed by atoms with van der Waals surface area (Å²) in [5, 5.41) is 1.18. The Balaban J connectivity index is 1.61. The molecule has 3 aromatic rings. The largest absolute Gasteiger partial charge is 0.274 e. The molecule has 0 aromatic heterocycles. The van der Waals surface area contributed by atoms with E-state index in [1.54, 1.807) is 60.7 Å². The second-order valence-corrected chi connectivity index (χ2v) is 9.05. The van der Waals surface area contributed by atoms with E-state index in [1.807, 2.05) is 13.0 Å². The number of nitrogens with one attached hydrogen (secondary N) is 1. The Bertz CT molecular complexity index is 1300. The third kappa shape index (κ3) is 3.55. The molecule has 0 spiro atoms. The molecule has 1 N–H and O–H groups in total. The van der Waals surface area contributed by atoms with Gasteiger partial charge in [-0.1, -0.05) is 52.3 Å². The van der Waals surface area contributed by atoms with Crippen molar-refractivity contribution in [2.45, 2.75) is 19.0 Å². The van der Waals surface area contributed by atoms with E-state index in [0.717, 1.165) is 10.5 Å². The lowest BCUT2D eigenvalue weighted by Crippen LogP contribution is -2.48. The van der Waals surface area contributed by atoms with Gasteiger partial charge in [0.2, 0.25) is 5.91 Å². The summed E-state index contributed by atoms with van der Waals surface area (Å²) in [5.41, 5.74) is 4.85. The molecule has 0 radical (unpaired) electrons. The average Bonchev–Trinajstić information content (AvgIpc) is 3.30. The quantitative estimate of drug-likeness (QED) is 0.540. The van der Waals surface area contributed by atoms with Crippen molar-refractivity contribution in [3.63, 3.8) is 0 Å². The van der Waals surface area contributed by atoms with Crippen LogP contribution >= 0.6 is 15.9 Å². The van der Waals surface area contributed by atoms with Crippen molar-refractivity contribution in [1.82, 2.24) is 10.4 Å². The number of halogens is 2. The first-order valence-corrected chi connectivity index (χ1v) is 11.2. The number of hydrogen-bond donors (Lipinski definition) is 1. The van der Waals surface area contributed by atoms with E-state index < -0.39 is 41.5 Å². The third-order valence-electron chi connectivity index (χ3n) is 6.03. The normalized spacial score (nSPS) is 22.1. The highest BCUT2D eigenvalue weighted by Gasteiger charge is 2.60. The molecule has 8 heteroatoms. The Morgan fingerprint density at radius 1 is 0.970 bits per heavy atom. The molecule has 2 saturated heterocycles. The molecule has 33 heavy (non-hydrogen) atoms. The predicted octanol–water partition coefficient (Wildman–Crippen LogP) is 4.16. The summed E-state index contributed by atoms with van der Waals surface area (Å²) >= 11 is 3.35. The van der Waals surface area contributed by atoms with Gasteiger partial charge in [-0.25, -0.2) is 14.7 Å². The maximum Gasteiger partial charge on any atom is 0.268 e. The summed E-state index contributed by atoms with van der Waals surface area (Å²) in [6, 6.07) is 17.9. The zero-order valence-corrected chi connectivity index (χ0v) is 19.1.